The van der Waals surface area contributed by atoms with Gasteiger partial charge in [0.05, 0.1) is 13.2 Å². The van der Waals surface area contributed by atoms with Crippen molar-refractivity contribution < 1.29 is 14.3 Å². The van der Waals surface area contributed by atoms with Crippen LogP contribution in [0.5, 0.6) is 11.5 Å². The van der Waals surface area contributed by atoms with Gasteiger partial charge in [0.1, 0.15) is 5.54 Å². The summed E-state index contributed by atoms with van der Waals surface area (Å²) >= 11 is 0. The highest BCUT2D eigenvalue weighted by molar-refractivity contribution is 5.54. The first-order valence-electron chi connectivity index (χ1n) is 6.72. The van der Waals surface area contributed by atoms with Gasteiger partial charge in [-0.1, -0.05) is 12.1 Å². The normalized spacial score (nSPS) is 20.1. The van der Waals surface area contributed by atoms with Crippen LogP contribution in [0.15, 0.2) is 23.2 Å². The Morgan fingerprint density at radius 1 is 1.37 bits per heavy atom. The number of hydrogen-bond acceptors (Lipinski definition) is 4. The molecule has 2 aliphatic carbocycles. The van der Waals surface area contributed by atoms with Crippen LogP contribution < -0.4 is 9.47 Å². The van der Waals surface area contributed by atoms with E-state index in [0.29, 0.717) is 0 Å². The van der Waals surface area contributed by atoms with Crippen molar-refractivity contribution in [3.8, 4) is 11.5 Å². The van der Waals surface area contributed by atoms with Gasteiger partial charge in [0.15, 0.2) is 11.5 Å². The Hall–Kier alpha value is -1.80. The van der Waals surface area contributed by atoms with E-state index in [1.807, 2.05) is 18.2 Å². The molecule has 19 heavy (non-hydrogen) atoms. The lowest BCUT2D eigenvalue weighted by Crippen LogP contribution is -2.26. The highest BCUT2D eigenvalue weighted by Crippen LogP contribution is 2.54. The number of methoxy groups -OCH3 is 1. The number of rotatable bonds is 5. The number of benzene rings is 1. The predicted octanol–water partition coefficient (Wildman–Crippen LogP) is 2.95. The number of carbonyl (C=O) groups excluding carboxylic acids is 1. The summed E-state index contributed by atoms with van der Waals surface area (Å²) in [7, 11) is 1.63. The van der Waals surface area contributed by atoms with Crippen LogP contribution in [0.4, 0.5) is 0 Å². The molecular formula is C15H17NO3. The summed E-state index contributed by atoms with van der Waals surface area (Å²) in [4.78, 5) is 14.6. The van der Waals surface area contributed by atoms with E-state index in [0.717, 1.165) is 42.7 Å². The van der Waals surface area contributed by atoms with Crippen molar-refractivity contribution in [2.45, 2.75) is 43.7 Å². The van der Waals surface area contributed by atoms with Crippen LogP contribution in [0.3, 0.4) is 0 Å². The van der Waals surface area contributed by atoms with E-state index >= 15 is 0 Å². The summed E-state index contributed by atoms with van der Waals surface area (Å²) in [5, 5.41) is 0. The maximum Gasteiger partial charge on any atom is 0.235 e. The van der Waals surface area contributed by atoms with Gasteiger partial charge in [-0.05, 0) is 38.2 Å². The van der Waals surface area contributed by atoms with Gasteiger partial charge in [-0.3, -0.25) is 0 Å². The number of isocyanates is 1. The largest absolute Gasteiger partial charge is 0.493 e. The molecule has 3 rings (SSSR count). The standard InChI is InChI=1S/C15H17NO3/c1-18-13-7-3-6-12(15(8-9-15)16-10-17)14(13)19-11-4-2-5-11/h3,6-7,11H,2,4-5,8-9H2,1H3. The third kappa shape index (κ3) is 2.13. The third-order valence-corrected chi connectivity index (χ3v) is 4.02. The van der Waals surface area contributed by atoms with Crippen molar-refractivity contribution in [1.82, 2.24) is 0 Å². The Morgan fingerprint density at radius 3 is 2.68 bits per heavy atom. The molecule has 0 radical (unpaired) electrons. The number of aliphatic imine (C=N–C) groups is 1. The van der Waals surface area contributed by atoms with Gasteiger partial charge >= 0.3 is 0 Å². The Morgan fingerprint density at radius 2 is 2.16 bits per heavy atom. The second kappa shape index (κ2) is 4.71. The van der Waals surface area contributed by atoms with Gasteiger partial charge in [-0.2, -0.15) is 4.99 Å². The lowest BCUT2D eigenvalue weighted by molar-refractivity contribution is 0.114. The van der Waals surface area contributed by atoms with E-state index in [9.17, 15) is 4.79 Å². The molecule has 1 aromatic carbocycles. The third-order valence-electron chi connectivity index (χ3n) is 4.02. The average molecular weight is 259 g/mol. The number of para-hydroxylation sites is 1. The van der Waals surface area contributed by atoms with E-state index in [4.69, 9.17) is 9.47 Å². The summed E-state index contributed by atoms with van der Waals surface area (Å²) in [6, 6.07) is 5.78. The maximum absolute atomic E-state index is 10.6. The van der Waals surface area contributed by atoms with E-state index < -0.39 is 5.54 Å². The Kier molecular flexibility index (Phi) is 3.03. The fourth-order valence-electron chi connectivity index (χ4n) is 2.47. The number of ether oxygens (including phenoxy) is 2. The molecule has 0 aromatic heterocycles. The van der Waals surface area contributed by atoms with E-state index in [-0.39, 0.29) is 6.10 Å². The van der Waals surface area contributed by atoms with Crippen LogP contribution in [0.25, 0.3) is 0 Å². The van der Waals surface area contributed by atoms with Gasteiger partial charge in [0.25, 0.3) is 0 Å². The molecule has 0 atom stereocenters. The molecule has 0 N–H and O–H groups in total. The van der Waals surface area contributed by atoms with Crippen LogP contribution in [-0.4, -0.2) is 19.3 Å². The van der Waals surface area contributed by atoms with Crippen molar-refractivity contribution in [2.75, 3.05) is 7.11 Å². The van der Waals surface area contributed by atoms with Crippen LogP contribution in [0.2, 0.25) is 0 Å². The van der Waals surface area contributed by atoms with Crippen molar-refractivity contribution in [2.24, 2.45) is 4.99 Å². The maximum atomic E-state index is 10.6. The molecule has 4 heteroatoms. The van der Waals surface area contributed by atoms with E-state index in [1.54, 1.807) is 13.2 Å². The monoisotopic (exact) mass is 259 g/mol. The summed E-state index contributed by atoms with van der Waals surface area (Å²) in [6.07, 6.45) is 7.09. The molecular weight excluding hydrogens is 242 g/mol. The van der Waals surface area contributed by atoms with Crippen LogP contribution in [-0.2, 0) is 10.3 Å². The smallest absolute Gasteiger partial charge is 0.235 e. The molecule has 0 spiro atoms. The number of hydrogen-bond donors (Lipinski definition) is 0. The summed E-state index contributed by atoms with van der Waals surface area (Å²) in [5.74, 6) is 1.47. The summed E-state index contributed by atoms with van der Waals surface area (Å²) < 4.78 is 11.5. The van der Waals surface area contributed by atoms with Gasteiger partial charge in [0, 0.05) is 5.56 Å². The second-order valence-electron chi connectivity index (χ2n) is 5.24. The van der Waals surface area contributed by atoms with Crippen LogP contribution in [0.1, 0.15) is 37.7 Å². The van der Waals surface area contributed by atoms with Crippen molar-refractivity contribution >= 4 is 6.08 Å². The molecule has 2 saturated carbocycles. The minimum absolute atomic E-state index is 0.270. The Balaban J connectivity index is 2.00. The first-order valence-corrected chi connectivity index (χ1v) is 6.72. The topological polar surface area (TPSA) is 47.9 Å². The molecule has 4 nitrogen and oxygen atoms in total. The zero-order valence-electron chi connectivity index (χ0n) is 11.0. The predicted molar refractivity (Wildman–Crippen MR) is 70.3 cm³/mol. The number of nitrogens with zero attached hydrogens (tertiary/aromatic N) is 1. The van der Waals surface area contributed by atoms with Crippen LogP contribution >= 0.6 is 0 Å². The van der Waals surface area contributed by atoms with Gasteiger partial charge in [0.2, 0.25) is 6.08 Å². The summed E-state index contributed by atoms with van der Waals surface area (Å²) in [5.41, 5.74) is 0.539. The van der Waals surface area contributed by atoms with Gasteiger partial charge in [-0.15, -0.1) is 0 Å². The molecule has 0 heterocycles. The Labute approximate surface area is 112 Å². The Bertz CT molecular complexity index is 526. The zero-order chi connectivity index (χ0) is 13.3. The average Bonchev–Trinajstić information content (AvgIpc) is 3.15. The van der Waals surface area contributed by atoms with Gasteiger partial charge < -0.3 is 9.47 Å². The van der Waals surface area contributed by atoms with Crippen molar-refractivity contribution in [3.05, 3.63) is 23.8 Å². The highest BCUT2D eigenvalue weighted by atomic mass is 16.5. The zero-order valence-corrected chi connectivity index (χ0v) is 11.0. The van der Waals surface area contributed by atoms with E-state index in [1.165, 1.54) is 6.42 Å². The first-order chi connectivity index (χ1) is 9.29. The minimum atomic E-state index is -0.421. The lowest BCUT2D eigenvalue weighted by Gasteiger charge is -2.29. The SMILES string of the molecule is COc1cccc(C2(N=C=O)CC2)c1OC1CCC1. The van der Waals surface area contributed by atoms with E-state index in [2.05, 4.69) is 4.99 Å². The molecule has 2 fully saturated rings. The lowest BCUT2D eigenvalue weighted by atomic mass is 9.95. The van der Waals surface area contributed by atoms with Gasteiger partial charge in [-0.25, -0.2) is 4.79 Å². The minimum Gasteiger partial charge on any atom is -0.493 e. The molecule has 0 amide bonds. The first kappa shape index (κ1) is 12.2. The van der Waals surface area contributed by atoms with Crippen molar-refractivity contribution in [3.63, 3.8) is 0 Å². The fraction of sp³-hybridized carbons (Fsp3) is 0.533. The second-order valence-corrected chi connectivity index (χ2v) is 5.24. The summed E-state index contributed by atoms with van der Waals surface area (Å²) in [6.45, 7) is 0. The molecule has 2 aliphatic rings. The highest BCUT2D eigenvalue weighted by Gasteiger charge is 2.47. The van der Waals surface area contributed by atoms with Crippen LogP contribution in [0, 0.1) is 0 Å². The molecule has 0 unspecified atom stereocenters. The fourth-order valence-corrected chi connectivity index (χ4v) is 2.47. The molecule has 0 bridgehead atoms. The van der Waals surface area contributed by atoms with Crippen molar-refractivity contribution in [1.29, 1.82) is 0 Å². The molecule has 0 saturated heterocycles. The molecule has 100 valence electrons. The molecule has 1 aromatic rings. The molecule has 0 aliphatic heterocycles. The quantitative estimate of drug-likeness (QED) is 0.603.